The summed E-state index contributed by atoms with van der Waals surface area (Å²) in [6.45, 7) is 1.98. The van der Waals surface area contributed by atoms with Gasteiger partial charge in [0.25, 0.3) is 10.0 Å². The van der Waals surface area contributed by atoms with E-state index < -0.39 is 10.0 Å². The number of ether oxygens (including phenoxy) is 1. The topological polar surface area (TPSA) is 75.7 Å². The second kappa shape index (κ2) is 9.85. The van der Waals surface area contributed by atoms with Crippen LogP contribution in [0, 0.1) is 0 Å². The number of hydrogen-bond donors (Lipinski definition) is 1. The second-order valence-corrected chi connectivity index (χ2v) is 8.96. The van der Waals surface area contributed by atoms with Gasteiger partial charge >= 0.3 is 0 Å². The Bertz CT molecular complexity index is 1150. The number of para-hydroxylation sites is 1. The zero-order valence-corrected chi connectivity index (χ0v) is 18.8. The van der Waals surface area contributed by atoms with E-state index in [1.54, 1.807) is 68.6 Å². The molecule has 3 aromatic rings. The van der Waals surface area contributed by atoms with Crippen LogP contribution in [0.5, 0.6) is 5.75 Å². The van der Waals surface area contributed by atoms with Crippen LogP contribution in [-0.4, -0.2) is 28.0 Å². The van der Waals surface area contributed by atoms with Crippen molar-refractivity contribution in [3.8, 4) is 5.75 Å². The summed E-state index contributed by atoms with van der Waals surface area (Å²) in [6.07, 6.45) is 0.139. The van der Waals surface area contributed by atoms with Crippen LogP contribution in [0.25, 0.3) is 0 Å². The van der Waals surface area contributed by atoms with Crippen molar-refractivity contribution >= 4 is 38.9 Å². The summed E-state index contributed by atoms with van der Waals surface area (Å²) in [4.78, 5) is 12.4. The van der Waals surface area contributed by atoms with Crippen molar-refractivity contribution in [3.63, 3.8) is 0 Å². The van der Waals surface area contributed by atoms with Gasteiger partial charge in [-0.1, -0.05) is 41.9 Å². The number of hydrogen-bond acceptors (Lipinski definition) is 4. The first-order valence-corrected chi connectivity index (χ1v) is 11.5. The average Bonchev–Trinajstić information content (AvgIpc) is 2.76. The Morgan fingerprint density at radius 1 is 1.03 bits per heavy atom. The molecule has 0 saturated carbocycles. The molecule has 162 valence electrons. The number of halogens is 1. The summed E-state index contributed by atoms with van der Waals surface area (Å²) >= 11 is 6.23. The third kappa shape index (κ3) is 5.37. The Morgan fingerprint density at radius 2 is 1.71 bits per heavy atom. The van der Waals surface area contributed by atoms with Crippen molar-refractivity contribution in [2.24, 2.45) is 0 Å². The largest absolute Gasteiger partial charge is 0.497 e. The smallest absolute Gasteiger partial charge is 0.265 e. The number of anilines is 2. The van der Waals surface area contributed by atoms with Crippen LogP contribution in [0.15, 0.2) is 77.7 Å². The first-order chi connectivity index (χ1) is 14.8. The molecular formula is C23H23ClN2O4S. The molecule has 8 heteroatoms. The lowest BCUT2D eigenvalue weighted by Crippen LogP contribution is -2.31. The van der Waals surface area contributed by atoms with Crippen molar-refractivity contribution < 1.29 is 17.9 Å². The van der Waals surface area contributed by atoms with E-state index in [4.69, 9.17) is 16.3 Å². The average molecular weight is 459 g/mol. The molecular weight excluding hydrogens is 436 g/mol. The van der Waals surface area contributed by atoms with Crippen molar-refractivity contribution in [2.45, 2.75) is 18.2 Å². The second-order valence-electron chi connectivity index (χ2n) is 6.72. The first-order valence-electron chi connectivity index (χ1n) is 9.65. The highest BCUT2D eigenvalue weighted by atomic mass is 35.5. The van der Waals surface area contributed by atoms with Gasteiger partial charge < -0.3 is 10.1 Å². The minimum atomic E-state index is -3.92. The summed E-state index contributed by atoms with van der Waals surface area (Å²) in [5, 5.41) is 2.83. The Hall–Kier alpha value is -3.03. The maximum Gasteiger partial charge on any atom is 0.265 e. The van der Waals surface area contributed by atoms with Crippen molar-refractivity contribution in [3.05, 3.63) is 83.4 Å². The minimum Gasteiger partial charge on any atom is -0.497 e. The van der Waals surface area contributed by atoms with E-state index in [1.807, 2.05) is 6.07 Å². The van der Waals surface area contributed by atoms with Gasteiger partial charge in [0, 0.05) is 12.2 Å². The van der Waals surface area contributed by atoms with Gasteiger partial charge in [-0.3, -0.25) is 9.10 Å². The van der Waals surface area contributed by atoms with Crippen LogP contribution in [0.1, 0.15) is 12.5 Å². The summed E-state index contributed by atoms with van der Waals surface area (Å²) in [5.41, 5.74) is 1.70. The summed E-state index contributed by atoms with van der Waals surface area (Å²) in [7, 11) is -2.35. The van der Waals surface area contributed by atoms with Crippen LogP contribution >= 0.6 is 11.6 Å². The molecule has 0 radical (unpaired) electrons. The quantitative estimate of drug-likeness (QED) is 0.528. The normalized spacial score (nSPS) is 11.1. The Balaban J connectivity index is 1.82. The number of benzene rings is 3. The lowest BCUT2D eigenvalue weighted by molar-refractivity contribution is -0.115. The number of methoxy groups -OCH3 is 1. The summed E-state index contributed by atoms with van der Waals surface area (Å²) < 4.78 is 33.0. The van der Waals surface area contributed by atoms with Gasteiger partial charge in [-0.15, -0.1) is 0 Å². The molecule has 1 amide bonds. The fraction of sp³-hybridized carbons (Fsp3) is 0.174. The zero-order chi connectivity index (χ0) is 22.4. The molecule has 31 heavy (non-hydrogen) atoms. The van der Waals surface area contributed by atoms with Crippen LogP contribution in [0.2, 0.25) is 5.02 Å². The molecule has 0 saturated heterocycles. The first kappa shape index (κ1) is 22.7. The molecule has 0 aromatic heterocycles. The molecule has 0 bridgehead atoms. The number of carbonyl (C=O) groups excluding carboxylic acids is 1. The van der Waals surface area contributed by atoms with Crippen molar-refractivity contribution in [1.82, 2.24) is 0 Å². The number of nitrogens with one attached hydrogen (secondary N) is 1. The van der Waals surface area contributed by atoms with E-state index in [9.17, 15) is 13.2 Å². The Kier molecular flexibility index (Phi) is 7.20. The van der Waals surface area contributed by atoms with Crippen molar-refractivity contribution in [1.29, 1.82) is 0 Å². The predicted molar refractivity (Wildman–Crippen MR) is 123 cm³/mol. The summed E-state index contributed by atoms with van der Waals surface area (Å²) in [6, 6.07) is 20.4. The Morgan fingerprint density at radius 3 is 2.32 bits per heavy atom. The fourth-order valence-electron chi connectivity index (χ4n) is 3.12. The SMILES string of the molecule is CCN(c1ccccc1)S(=O)(=O)c1cc(NC(=O)Cc2ccc(OC)cc2)ccc1Cl. The monoisotopic (exact) mass is 458 g/mol. The minimum absolute atomic E-state index is 0.0675. The maximum atomic E-state index is 13.3. The number of carbonyl (C=O) groups is 1. The molecule has 0 fully saturated rings. The number of sulfonamides is 1. The van der Waals surface area contributed by atoms with Gasteiger partial charge in [0.05, 0.1) is 24.2 Å². The highest BCUT2D eigenvalue weighted by Crippen LogP contribution is 2.30. The lowest BCUT2D eigenvalue weighted by Gasteiger charge is -2.23. The van der Waals surface area contributed by atoms with Crippen LogP contribution in [-0.2, 0) is 21.2 Å². The van der Waals surface area contributed by atoms with Gasteiger partial charge in [0.2, 0.25) is 5.91 Å². The zero-order valence-electron chi connectivity index (χ0n) is 17.2. The van der Waals surface area contributed by atoms with E-state index in [1.165, 1.54) is 16.4 Å². The van der Waals surface area contributed by atoms with E-state index in [-0.39, 0.29) is 28.8 Å². The molecule has 0 atom stereocenters. The van der Waals surface area contributed by atoms with Crippen LogP contribution in [0.3, 0.4) is 0 Å². The molecule has 3 rings (SSSR count). The fourth-order valence-corrected chi connectivity index (χ4v) is 5.09. The van der Waals surface area contributed by atoms with E-state index >= 15 is 0 Å². The molecule has 1 N–H and O–H groups in total. The predicted octanol–water partition coefficient (Wildman–Crippen LogP) is 4.75. The molecule has 0 aliphatic rings. The lowest BCUT2D eigenvalue weighted by atomic mass is 10.1. The van der Waals surface area contributed by atoms with Gasteiger partial charge in [-0.05, 0) is 55.0 Å². The summed E-state index contributed by atoms with van der Waals surface area (Å²) in [5.74, 6) is 0.432. The molecule has 0 heterocycles. The molecule has 6 nitrogen and oxygen atoms in total. The molecule has 0 aliphatic carbocycles. The van der Waals surface area contributed by atoms with E-state index in [0.29, 0.717) is 17.1 Å². The highest BCUT2D eigenvalue weighted by molar-refractivity contribution is 7.93. The van der Waals surface area contributed by atoms with Gasteiger partial charge in [0.1, 0.15) is 10.6 Å². The van der Waals surface area contributed by atoms with Crippen LogP contribution < -0.4 is 14.4 Å². The molecule has 3 aromatic carbocycles. The van der Waals surface area contributed by atoms with Crippen molar-refractivity contribution in [2.75, 3.05) is 23.3 Å². The third-order valence-corrected chi connectivity index (χ3v) is 7.02. The number of amides is 1. The van der Waals surface area contributed by atoms with Gasteiger partial charge in [0.15, 0.2) is 0 Å². The molecule has 0 aliphatic heterocycles. The number of nitrogens with zero attached hydrogens (tertiary/aromatic N) is 1. The standard InChI is InChI=1S/C23H23ClN2O4S/c1-3-26(19-7-5-4-6-8-19)31(28,29)22-16-18(11-14-21(22)24)25-23(27)15-17-9-12-20(30-2)13-10-17/h4-14,16H,3,15H2,1-2H3,(H,25,27). The molecule has 0 spiro atoms. The third-order valence-electron chi connectivity index (χ3n) is 4.64. The maximum absolute atomic E-state index is 13.3. The van der Waals surface area contributed by atoms with E-state index in [2.05, 4.69) is 5.32 Å². The van der Waals surface area contributed by atoms with E-state index in [0.717, 1.165) is 5.56 Å². The van der Waals surface area contributed by atoms with Gasteiger partial charge in [-0.25, -0.2) is 8.42 Å². The highest BCUT2D eigenvalue weighted by Gasteiger charge is 2.26. The molecule has 0 unspecified atom stereocenters. The van der Waals surface area contributed by atoms with Crippen LogP contribution in [0.4, 0.5) is 11.4 Å². The Labute approximate surface area is 187 Å². The number of rotatable bonds is 8. The van der Waals surface area contributed by atoms with Gasteiger partial charge in [-0.2, -0.15) is 0 Å².